The second-order valence-corrected chi connectivity index (χ2v) is 8.10. The van der Waals surface area contributed by atoms with Crippen LogP contribution in [0.5, 0.6) is 0 Å². The van der Waals surface area contributed by atoms with Crippen LogP contribution in [0.3, 0.4) is 0 Å². The Kier molecular flexibility index (Phi) is 6.32. The van der Waals surface area contributed by atoms with Gasteiger partial charge in [-0.05, 0) is 66.1 Å². The van der Waals surface area contributed by atoms with Gasteiger partial charge < -0.3 is 0 Å². The number of non-ortho nitro benzene ring substituents is 1. The van der Waals surface area contributed by atoms with Crippen LogP contribution in [-0.2, 0) is 4.79 Å². The second kappa shape index (κ2) is 9.49. The molecule has 1 aromatic heterocycles. The predicted molar refractivity (Wildman–Crippen MR) is 128 cm³/mol. The first-order valence-electron chi connectivity index (χ1n) is 9.82. The zero-order valence-corrected chi connectivity index (χ0v) is 18.2. The highest BCUT2D eigenvalue weighted by Gasteiger charge is 2.17. The topological polar surface area (TPSA) is 88.7 Å². The predicted octanol–water partition coefficient (Wildman–Crippen LogP) is 5.73. The standard InChI is InChI=1S/C24H17FN4O3S/c1-16-2-12-21-22(14-16)33-24(27-21)28(26-15-18-3-8-19(25)9-4-18)23(30)13-7-17-5-10-20(11-6-17)29(31)32/h2-15H,1H3/b13-7+,26-15+. The monoisotopic (exact) mass is 460 g/mol. The first-order valence-corrected chi connectivity index (χ1v) is 10.6. The minimum atomic E-state index is -0.487. The molecule has 164 valence electrons. The number of amides is 1. The number of halogens is 1. The number of nitro groups is 1. The molecule has 4 aromatic rings. The van der Waals surface area contributed by atoms with E-state index in [1.807, 2.05) is 25.1 Å². The molecule has 0 aliphatic rings. The lowest BCUT2D eigenvalue weighted by Crippen LogP contribution is -2.23. The number of nitro benzene ring substituents is 1. The van der Waals surface area contributed by atoms with Crippen molar-refractivity contribution in [3.8, 4) is 0 Å². The molecule has 0 aliphatic heterocycles. The SMILES string of the molecule is Cc1ccc2nc(N(/N=C/c3ccc(F)cc3)C(=O)/C=C/c3ccc([N+](=O)[O-])cc3)sc2c1. The molecular weight excluding hydrogens is 443 g/mol. The van der Waals surface area contributed by atoms with Crippen LogP contribution in [-0.4, -0.2) is 22.0 Å². The van der Waals surface area contributed by atoms with Gasteiger partial charge in [-0.1, -0.05) is 29.5 Å². The van der Waals surface area contributed by atoms with Crippen molar-refractivity contribution in [2.45, 2.75) is 6.92 Å². The lowest BCUT2D eigenvalue weighted by Gasteiger charge is -2.11. The summed E-state index contributed by atoms with van der Waals surface area (Å²) in [7, 11) is 0. The van der Waals surface area contributed by atoms with E-state index < -0.39 is 10.8 Å². The Labute approximate surface area is 192 Å². The summed E-state index contributed by atoms with van der Waals surface area (Å²) in [4.78, 5) is 27.9. The van der Waals surface area contributed by atoms with Crippen molar-refractivity contribution in [3.63, 3.8) is 0 Å². The molecule has 0 fully saturated rings. The fourth-order valence-electron chi connectivity index (χ4n) is 2.93. The van der Waals surface area contributed by atoms with E-state index in [2.05, 4.69) is 10.1 Å². The molecule has 33 heavy (non-hydrogen) atoms. The van der Waals surface area contributed by atoms with Crippen LogP contribution >= 0.6 is 11.3 Å². The number of carbonyl (C=O) groups excluding carboxylic acids is 1. The van der Waals surface area contributed by atoms with Crippen LogP contribution in [0.2, 0.25) is 0 Å². The third-order valence-electron chi connectivity index (χ3n) is 4.64. The Morgan fingerprint density at radius 1 is 1.09 bits per heavy atom. The summed E-state index contributed by atoms with van der Waals surface area (Å²) in [5.74, 6) is -0.824. The molecule has 0 bridgehead atoms. The van der Waals surface area contributed by atoms with Gasteiger partial charge in [0.25, 0.3) is 11.6 Å². The van der Waals surface area contributed by atoms with Gasteiger partial charge in [0.15, 0.2) is 0 Å². The van der Waals surface area contributed by atoms with Gasteiger partial charge in [-0.3, -0.25) is 14.9 Å². The van der Waals surface area contributed by atoms with Gasteiger partial charge in [-0.25, -0.2) is 9.37 Å². The maximum atomic E-state index is 13.2. The number of nitrogens with zero attached hydrogens (tertiary/aromatic N) is 4. The first-order chi connectivity index (χ1) is 15.9. The van der Waals surface area contributed by atoms with Crippen molar-refractivity contribution in [2.24, 2.45) is 5.10 Å². The molecule has 0 spiro atoms. The quantitative estimate of drug-likeness (QED) is 0.159. The number of hydrazone groups is 1. The fourth-order valence-corrected chi connectivity index (χ4v) is 3.96. The number of thiazole rings is 1. The highest BCUT2D eigenvalue weighted by molar-refractivity contribution is 7.22. The molecular formula is C24H17FN4O3S. The van der Waals surface area contributed by atoms with E-state index in [-0.39, 0.29) is 11.5 Å². The van der Waals surface area contributed by atoms with E-state index in [4.69, 9.17) is 0 Å². The van der Waals surface area contributed by atoms with Gasteiger partial charge in [0, 0.05) is 18.2 Å². The maximum absolute atomic E-state index is 13.2. The Morgan fingerprint density at radius 3 is 2.48 bits per heavy atom. The van der Waals surface area contributed by atoms with Crippen LogP contribution in [0.25, 0.3) is 16.3 Å². The number of aromatic nitrogens is 1. The molecule has 9 heteroatoms. The number of anilines is 1. The number of fused-ring (bicyclic) bond motifs is 1. The smallest absolute Gasteiger partial charge is 0.267 e. The number of aryl methyl sites for hydroxylation is 1. The highest BCUT2D eigenvalue weighted by atomic mass is 32.1. The van der Waals surface area contributed by atoms with Crippen LogP contribution in [0, 0.1) is 22.9 Å². The van der Waals surface area contributed by atoms with E-state index >= 15 is 0 Å². The van der Waals surface area contributed by atoms with E-state index in [0.717, 1.165) is 15.8 Å². The molecule has 0 N–H and O–H groups in total. The molecule has 0 saturated heterocycles. The zero-order chi connectivity index (χ0) is 23.4. The van der Waals surface area contributed by atoms with Crippen LogP contribution < -0.4 is 5.01 Å². The Morgan fingerprint density at radius 2 is 1.79 bits per heavy atom. The van der Waals surface area contributed by atoms with Gasteiger partial charge >= 0.3 is 0 Å². The van der Waals surface area contributed by atoms with Crippen molar-refractivity contribution in [1.82, 2.24) is 4.98 Å². The van der Waals surface area contributed by atoms with E-state index in [1.165, 1.54) is 52.9 Å². The van der Waals surface area contributed by atoms with Crippen molar-refractivity contribution >= 4 is 50.6 Å². The average molecular weight is 460 g/mol. The van der Waals surface area contributed by atoms with Crippen molar-refractivity contribution < 1.29 is 14.1 Å². The number of hydrogen-bond acceptors (Lipinski definition) is 6. The number of rotatable bonds is 6. The molecule has 0 radical (unpaired) electrons. The van der Waals surface area contributed by atoms with Gasteiger partial charge in [0.1, 0.15) is 5.82 Å². The fraction of sp³-hybridized carbons (Fsp3) is 0.0417. The summed E-state index contributed by atoms with van der Waals surface area (Å²) in [6.07, 6.45) is 4.32. The number of benzene rings is 3. The normalized spacial score (nSPS) is 11.5. The molecule has 0 saturated carbocycles. The second-order valence-electron chi connectivity index (χ2n) is 7.10. The summed E-state index contributed by atoms with van der Waals surface area (Å²) in [6, 6.07) is 17.3. The van der Waals surface area contributed by atoms with Gasteiger partial charge in [-0.2, -0.15) is 10.1 Å². The van der Waals surface area contributed by atoms with Crippen molar-refractivity contribution in [1.29, 1.82) is 0 Å². The zero-order valence-electron chi connectivity index (χ0n) is 17.4. The largest absolute Gasteiger partial charge is 0.273 e. The summed E-state index contributed by atoms with van der Waals surface area (Å²) in [5.41, 5.74) is 3.02. The molecule has 1 heterocycles. The molecule has 0 aliphatic carbocycles. The molecule has 0 atom stereocenters. The molecule has 4 rings (SSSR count). The van der Waals surface area contributed by atoms with Crippen molar-refractivity contribution in [3.05, 3.63) is 105 Å². The molecule has 0 unspecified atom stereocenters. The van der Waals surface area contributed by atoms with Crippen LogP contribution in [0.4, 0.5) is 15.2 Å². The third-order valence-corrected chi connectivity index (χ3v) is 5.63. The maximum Gasteiger partial charge on any atom is 0.273 e. The first kappa shape index (κ1) is 22.0. The van der Waals surface area contributed by atoms with Crippen molar-refractivity contribution in [2.75, 3.05) is 5.01 Å². The Bertz CT molecular complexity index is 1380. The van der Waals surface area contributed by atoms with E-state index in [1.54, 1.807) is 30.3 Å². The Balaban J connectivity index is 1.65. The summed E-state index contributed by atoms with van der Waals surface area (Å²) in [6.45, 7) is 1.97. The van der Waals surface area contributed by atoms with Gasteiger partial charge in [-0.15, -0.1) is 0 Å². The van der Waals surface area contributed by atoms with Gasteiger partial charge in [0.2, 0.25) is 5.13 Å². The van der Waals surface area contributed by atoms with E-state index in [0.29, 0.717) is 16.3 Å². The minimum Gasteiger partial charge on any atom is -0.267 e. The van der Waals surface area contributed by atoms with Crippen LogP contribution in [0.15, 0.2) is 77.9 Å². The van der Waals surface area contributed by atoms with Gasteiger partial charge in [0.05, 0.1) is 21.4 Å². The summed E-state index contributed by atoms with van der Waals surface area (Å²) >= 11 is 1.32. The lowest BCUT2D eigenvalue weighted by molar-refractivity contribution is -0.384. The molecule has 3 aromatic carbocycles. The third kappa shape index (κ3) is 5.34. The van der Waals surface area contributed by atoms with Crippen LogP contribution in [0.1, 0.15) is 16.7 Å². The number of hydrogen-bond donors (Lipinski definition) is 0. The van der Waals surface area contributed by atoms with E-state index in [9.17, 15) is 19.3 Å². The summed E-state index contributed by atoms with van der Waals surface area (Å²) in [5, 5.41) is 16.7. The summed E-state index contributed by atoms with van der Waals surface area (Å²) < 4.78 is 14.1. The number of carbonyl (C=O) groups is 1. The highest BCUT2D eigenvalue weighted by Crippen LogP contribution is 2.30. The average Bonchev–Trinajstić information content (AvgIpc) is 3.22. The molecule has 1 amide bonds. The minimum absolute atomic E-state index is 0.0335. The molecule has 7 nitrogen and oxygen atoms in total. The Hall–Kier alpha value is -4.24. The lowest BCUT2D eigenvalue weighted by atomic mass is 10.2.